The molecule has 1 N–H and O–H groups in total. The number of carbonyl (C=O) groups is 2. The molecule has 0 aliphatic heterocycles. The second kappa shape index (κ2) is 4.34. The highest BCUT2D eigenvalue weighted by Gasteiger charge is 2.54. The predicted molar refractivity (Wildman–Crippen MR) is 73.8 cm³/mol. The summed E-state index contributed by atoms with van der Waals surface area (Å²) < 4.78 is 0. The number of allylic oxidation sites excluding steroid dienone is 1. The van der Waals surface area contributed by atoms with Gasteiger partial charge in [-0.05, 0) is 37.0 Å². The maximum atomic E-state index is 12.4. The van der Waals surface area contributed by atoms with Gasteiger partial charge in [0.2, 0.25) is 5.91 Å². The van der Waals surface area contributed by atoms with Crippen LogP contribution in [0.5, 0.6) is 0 Å². The van der Waals surface area contributed by atoms with Crippen LogP contribution in [0.25, 0.3) is 0 Å². The number of Topliss-reactive ketones (excluding diaryl/α,β-unsaturated/α-hetero) is 1. The highest BCUT2D eigenvalue weighted by molar-refractivity contribution is 6.16. The summed E-state index contributed by atoms with van der Waals surface area (Å²) in [5, 5.41) is 2.90. The lowest BCUT2D eigenvalue weighted by Gasteiger charge is -2.20. The van der Waals surface area contributed by atoms with E-state index in [4.69, 9.17) is 0 Å². The van der Waals surface area contributed by atoms with Crippen molar-refractivity contribution < 1.29 is 9.59 Å². The topological polar surface area (TPSA) is 46.2 Å². The molecule has 2 atom stereocenters. The number of carbonyl (C=O) groups excluding carboxylic acids is 2. The first kappa shape index (κ1) is 12.2. The predicted octanol–water partition coefficient (Wildman–Crippen LogP) is 2.72. The summed E-state index contributed by atoms with van der Waals surface area (Å²) in [7, 11) is 0. The average Bonchev–Trinajstić information content (AvgIpc) is 2.93. The largest absolute Gasteiger partial charge is 0.325 e. The van der Waals surface area contributed by atoms with Gasteiger partial charge in [-0.1, -0.05) is 31.2 Å². The molecule has 2 aliphatic carbocycles. The van der Waals surface area contributed by atoms with Gasteiger partial charge in [0, 0.05) is 11.6 Å². The minimum absolute atomic E-state index is 0.0345. The third kappa shape index (κ3) is 1.81. The van der Waals surface area contributed by atoms with Gasteiger partial charge in [0.1, 0.15) is 5.41 Å². The van der Waals surface area contributed by atoms with Crippen molar-refractivity contribution in [2.24, 2.45) is 11.3 Å². The van der Waals surface area contributed by atoms with Crippen molar-refractivity contribution in [1.29, 1.82) is 0 Å². The van der Waals surface area contributed by atoms with Gasteiger partial charge in [-0.25, -0.2) is 0 Å². The van der Waals surface area contributed by atoms with Gasteiger partial charge in [0.15, 0.2) is 5.78 Å². The zero-order valence-electron chi connectivity index (χ0n) is 11.0. The summed E-state index contributed by atoms with van der Waals surface area (Å²) in [4.78, 5) is 24.5. The molecule has 2 unspecified atom stereocenters. The standard InChI is InChI=1S/C16H17NO2/c1-2-11-4-3-5-13(10-11)17-15(19)16-8-6-12(7-9-16)14(16)18/h3-6,8,10,12H,2,7,9H2,1H3,(H,17,19). The Morgan fingerprint density at radius 3 is 2.89 bits per heavy atom. The number of benzene rings is 1. The fourth-order valence-corrected chi connectivity index (χ4v) is 3.01. The number of hydrogen-bond donors (Lipinski definition) is 1. The Hall–Kier alpha value is -1.90. The van der Waals surface area contributed by atoms with Crippen molar-refractivity contribution in [3.8, 4) is 0 Å². The van der Waals surface area contributed by atoms with E-state index in [1.54, 1.807) is 6.08 Å². The molecule has 2 bridgehead atoms. The van der Waals surface area contributed by atoms with E-state index >= 15 is 0 Å². The van der Waals surface area contributed by atoms with E-state index in [1.165, 1.54) is 5.56 Å². The smallest absolute Gasteiger partial charge is 0.241 e. The number of hydrogen-bond acceptors (Lipinski definition) is 2. The van der Waals surface area contributed by atoms with Crippen molar-refractivity contribution in [3.63, 3.8) is 0 Å². The molecule has 98 valence electrons. The van der Waals surface area contributed by atoms with Gasteiger partial charge in [0.05, 0.1) is 0 Å². The molecular formula is C16H17NO2. The molecule has 0 aromatic heterocycles. The SMILES string of the molecule is CCc1cccc(NC(=O)C23C=CC(CC2)C3=O)c1. The van der Waals surface area contributed by atoms with E-state index in [0.29, 0.717) is 6.42 Å². The molecule has 3 heteroatoms. The van der Waals surface area contributed by atoms with E-state index < -0.39 is 5.41 Å². The van der Waals surface area contributed by atoms with Gasteiger partial charge >= 0.3 is 0 Å². The van der Waals surface area contributed by atoms with Crippen LogP contribution < -0.4 is 5.32 Å². The summed E-state index contributed by atoms with van der Waals surface area (Å²) >= 11 is 0. The zero-order chi connectivity index (χ0) is 13.5. The van der Waals surface area contributed by atoms with Crippen molar-refractivity contribution in [2.75, 3.05) is 5.32 Å². The normalized spacial score (nSPS) is 27.8. The van der Waals surface area contributed by atoms with Gasteiger partial charge in [-0.15, -0.1) is 0 Å². The van der Waals surface area contributed by atoms with E-state index in [0.717, 1.165) is 18.5 Å². The third-order valence-corrected chi connectivity index (χ3v) is 4.24. The quantitative estimate of drug-likeness (QED) is 0.666. The Kier molecular flexibility index (Phi) is 2.77. The van der Waals surface area contributed by atoms with Crippen molar-refractivity contribution in [1.82, 2.24) is 0 Å². The Bertz CT molecular complexity index is 576. The fraction of sp³-hybridized carbons (Fsp3) is 0.375. The van der Waals surface area contributed by atoms with Crippen LogP contribution in [0.3, 0.4) is 0 Å². The van der Waals surface area contributed by atoms with E-state index in [1.807, 2.05) is 30.3 Å². The molecule has 1 amide bonds. The Labute approximate surface area is 112 Å². The Morgan fingerprint density at radius 2 is 2.32 bits per heavy atom. The zero-order valence-corrected chi connectivity index (χ0v) is 11.0. The molecule has 19 heavy (non-hydrogen) atoms. The number of aryl methyl sites for hydroxylation is 1. The van der Waals surface area contributed by atoms with Crippen LogP contribution in [0, 0.1) is 11.3 Å². The molecule has 0 heterocycles. The second-order valence-corrected chi connectivity index (χ2v) is 5.35. The monoisotopic (exact) mass is 255 g/mol. The maximum Gasteiger partial charge on any atom is 0.241 e. The van der Waals surface area contributed by atoms with Crippen LogP contribution in [0.1, 0.15) is 25.3 Å². The molecule has 2 aliphatic rings. The van der Waals surface area contributed by atoms with Crippen molar-refractivity contribution in [2.45, 2.75) is 26.2 Å². The number of anilines is 1. The van der Waals surface area contributed by atoms with Crippen LogP contribution in [0.2, 0.25) is 0 Å². The molecule has 1 saturated carbocycles. The van der Waals surface area contributed by atoms with Crippen LogP contribution >= 0.6 is 0 Å². The molecule has 3 nitrogen and oxygen atoms in total. The van der Waals surface area contributed by atoms with E-state index in [2.05, 4.69) is 12.2 Å². The molecule has 1 aromatic rings. The lowest BCUT2D eigenvalue weighted by Crippen LogP contribution is -2.37. The van der Waals surface area contributed by atoms with Crippen molar-refractivity contribution >= 4 is 17.4 Å². The second-order valence-electron chi connectivity index (χ2n) is 5.35. The highest BCUT2D eigenvalue weighted by Crippen LogP contribution is 2.46. The summed E-state index contributed by atoms with van der Waals surface area (Å²) in [5.41, 5.74) is 1.05. The van der Waals surface area contributed by atoms with Crippen molar-refractivity contribution in [3.05, 3.63) is 42.0 Å². The van der Waals surface area contributed by atoms with Gasteiger partial charge in [-0.3, -0.25) is 9.59 Å². The minimum atomic E-state index is -0.896. The number of rotatable bonds is 3. The first-order valence-corrected chi connectivity index (χ1v) is 6.80. The van der Waals surface area contributed by atoms with Gasteiger partial charge < -0.3 is 5.32 Å². The molecule has 1 fully saturated rings. The molecule has 0 spiro atoms. The number of fused-ring (bicyclic) bond motifs is 2. The first-order valence-electron chi connectivity index (χ1n) is 6.80. The summed E-state index contributed by atoms with van der Waals surface area (Å²) in [5.74, 6) is -0.147. The number of amides is 1. The number of nitrogens with one attached hydrogen (secondary N) is 1. The fourth-order valence-electron chi connectivity index (χ4n) is 3.01. The minimum Gasteiger partial charge on any atom is -0.325 e. The summed E-state index contributed by atoms with van der Waals surface area (Å²) in [6, 6.07) is 7.78. The van der Waals surface area contributed by atoms with Crippen LogP contribution in [0.15, 0.2) is 36.4 Å². The maximum absolute atomic E-state index is 12.4. The van der Waals surface area contributed by atoms with Crippen LogP contribution in [-0.2, 0) is 16.0 Å². The van der Waals surface area contributed by atoms with Gasteiger partial charge in [0.25, 0.3) is 0 Å². The molecule has 0 radical (unpaired) electrons. The molecule has 1 aromatic carbocycles. The molecular weight excluding hydrogens is 238 g/mol. The van der Waals surface area contributed by atoms with E-state index in [9.17, 15) is 9.59 Å². The van der Waals surface area contributed by atoms with E-state index in [-0.39, 0.29) is 17.6 Å². The summed E-state index contributed by atoms with van der Waals surface area (Å²) in [6.07, 6.45) is 6.05. The number of ketones is 1. The Morgan fingerprint density at radius 1 is 1.47 bits per heavy atom. The van der Waals surface area contributed by atoms with Crippen LogP contribution in [-0.4, -0.2) is 11.7 Å². The highest BCUT2D eigenvalue weighted by atomic mass is 16.2. The van der Waals surface area contributed by atoms with Gasteiger partial charge in [-0.2, -0.15) is 0 Å². The Balaban J connectivity index is 1.82. The summed E-state index contributed by atoms with van der Waals surface area (Å²) in [6.45, 7) is 2.07. The lowest BCUT2D eigenvalue weighted by atomic mass is 9.86. The molecule has 3 rings (SSSR count). The average molecular weight is 255 g/mol. The lowest BCUT2D eigenvalue weighted by molar-refractivity contribution is -0.133. The first-order chi connectivity index (χ1) is 9.15. The molecule has 0 saturated heterocycles. The third-order valence-electron chi connectivity index (χ3n) is 4.24. The van der Waals surface area contributed by atoms with Crippen LogP contribution in [0.4, 0.5) is 5.69 Å².